The van der Waals surface area contributed by atoms with Gasteiger partial charge in [0.1, 0.15) is 5.82 Å². The van der Waals surface area contributed by atoms with Gasteiger partial charge in [-0.2, -0.15) is 0 Å². The predicted octanol–water partition coefficient (Wildman–Crippen LogP) is 4.12. The highest BCUT2D eigenvalue weighted by molar-refractivity contribution is 6.31. The Morgan fingerprint density at radius 2 is 1.96 bits per heavy atom. The van der Waals surface area contributed by atoms with Gasteiger partial charge < -0.3 is 10.2 Å². The number of carbonyl (C=O) groups excluding carboxylic acids is 1. The Labute approximate surface area is 162 Å². The molecule has 0 spiro atoms. The van der Waals surface area contributed by atoms with E-state index in [0.717, 1.165) is 11.3 Å². The molecule has 0 aliphatic heterocycles. The first-order valence-electron chi connectivity index (χ1n) is 8.55. The molecule has 0 aliphatic rings. The van der Waals surface area contributed by atoms with Crippen LogP contribution in [0.15, 0.2) is 47.3 Å². The van der Waals surface area contributed by atoms with Gasteiger partial charge in [-0.1, -0.05) is 29.8 Å². The van der Waals surface area contributed by atoms with Gasteiger partial charge in [0.25, 0.3) is 5.56 Å². The summed E-state index contributed by atoms with van der Waals surface area (Å²) in [6.45, 7) is 3.76. The molecular formula is C20H21ClN4O2. The van der Waals surface area contributed by atoms with Crippen molar-refractivity contribution < 1.29 is 4.79 Å². The summed E-state index contributed by atoms with van der Waals surface area (Å²) in [6.07, 6.45) is 0. The van der Waals surface area contributed by atoms with Crippen molar-refractivity contribution in [1.29, 1.82) is 0 Å². The summed E-state index contributed by atoms with van der Waals surface area (Å²) < 4.78 is 1.46. The number of nitrogens with zero attached hydrogens (tertiary/aromatic N) is 3. The van der Waals surface area contributed by atoms with E-state index < -0.39 is 6.04 Å². The second-order valence-corrected chi connectivity index (χ2v) is 6.96. The summed E-state index contributed by atoms with van der Waals surface area (Å²) in [7, 11) is 3.32. The number of hydrogen-bond acceptors (Lipinski definition) is 3. The van der Waals surface area contributed by atoms with Crippen LogP contribution in [0.4, 0.5) is 10.5 Å². The molecule has 1 atom stereocenters. The van der Waals surface area contributed by atoms with Gasteiger partial charge in [-0.15, -0.1) is 0 Å². The topological polar surface area (TPSA) is 67.2 Å². The molecule has 1 N–H and O–H groups in total. The van der Waals surface area contributed by atoms with Crippen molar-refractivity contribution in [2.45, 2.75) is 19.9 Å². The first-order valence-corrected chi connectivity index (χ1v) is 8.93. The summed E-state index contributed by atoms with van der Waals surface area (Å²) >= 11 is 5.99. The van der Waals surface area contributed by atoms with Crippen LogP contribution in [0.1, 0.15) is 24.4 Å². The van der Waals surface area contributed by atoms with E-state index in [4.69, 9.17) is 11.6 Å². The normalized spacial score (nSPS) is 12.0. The van der Waals surface area contributed by atoms with Crippen LogP contribution in [-0.4, -0.2) is 27.5 Å². The van der Waals surface area contributed by atoms with Crippen LogP contribution in [0.2, 0.25) is 5.02 Å². The van der Waals surface area contributed by atoms with Gasteiger partial charge in [-0.25, -0.2) is 9.78 Å². The lowest BCUT2D eigenvalue weighted by Crippen LogP contribution is -2.37. The molecule has 2 aromatic carbocycles. The number of halogens is 1. The second-order valence-electron chi connectivity index (χ2n) is 6.53. The lowest BCUT2D eigenvalue weighted by Gasteiger charge is -2.26. The van der Waals surface area contributed by atoms with E-state index in [9.17, 15) is 9.59 Å². The average Bonchev–Trinajstić information content (AvgIpc) is 2.65. The molecule has 1 heterocycles. The van der Waals surface area contributed by atoms with Crippen molar-refractivity contribution >= 4 is 34.2 Å². The molecule has 0 bridgehead atoms. The van der Waals surface area contributed by atoms with Crippen LogP contribution in [-0.2, 0) is 7.05 Å². The summed E-state index contributed by atoms with van der Waals surface area (Å²) in [5.74, 6) is 0.497. The molecule has 27 heavy (non-hydrogen) atoms. The molecular weight excluding hydrogens is 364 g/mol. The Morgan fingerprint density at radius 3 is 2.67 bits per heavy atom. The zero-order chi connectivity index (χ0) is 19.7. The smallest absolute Gasteiger partial charge is 0.318 e. The standard InChI is InChI=1S/C20H21ClN4O2/c1-12-7-5-6-8-16(12)23-20(27)24(3)13(2)18-22-17-10-9-14(21)11-15(17)19(26)25(18)4/h5-11,13H,1-4H3,(H,23,27). The fourth-order valence-corrected chi connectivity index (χ4v) is 3.07. The molecule has 2 amide bonds. The third-order valence-corrected chi connectivity index (χ3v) is 4.97. The third kappa shape index (κ3) is 3.66. The maximum Gasteiger partial charge on any atom is 0.322 e. The minimum absolute atomic E-state index is 0.197. The Kier molecular flexibility index (Phi) is 5.19. The van der Waals surface area contributed by atoms with E-state index in [-0.39, 0.29) is 11.6 Å². The molecule has 140 valence electrons. The largest absolute Gasteiger partial charge is 0.322 e. The van der Waals surface area contributed by atoms with Crippen molar-refractivity contribution in [2.75, 3.05) is 12.4 Å². The number of urea groups is 1. The Morgan fingerprint density at radius 1 is 1.26 bits per heavy atom. The maximum absolute atomic E-state index is 12.7. The Bertz CT molecular complexity index is 1080. The lowest BCUT2D eigenvalue weighted by atomic mass is 10.2. The molecule has 0 fully saturated rings. The number of para-hydroxylation sites is 1. The summed E-state index contributed by atoms with van der Waals surface area (Å²) in [6, 6.07) is 11.9. The molecule has 3 rings (SSSR count). The van der Waals surface area contributed by atoms with Crippen LogP contribution in [0.5, 0.6) is 0 Å². The van der Waals surface area contributed by atoms with E-state index in [1.54, 1.807) is 32.3 Å². The van der Waals surface area contributed by atoms with Crippen LogP contribution in [0.25, 0.3) is 10.9 Å². The van der Waals surface area contributed by atoms with Crippen molar-refractivity contribution in [2.24, 2.45) is 7.05 Å². The second kappa shape index (κ2) is 7.40. The number of rotatable bonds is 3. The summed E-state index contributed by atoms with van der Waals surface area (Å²) in [5.41, 5.74) is 2.07. The van der Waals surface area contributed by atoms with E-state index in [1.165, 1.54) is 9.47 Å². The number of aromatic nitrogens is 2. The summed E-state index contributed by atoms with van der Waals surface area (Å²) in [5, 5.41) is 3.83. The molecule has 0 radical (unpaired) electrons. The highest BCUT2D eigenvalue weighted by Gasteiger charge is 2.22. The monoisotopic (exact) mass is 384 g/mol. The SMILES string of the molecule is Cc1ccccc1NC(=O)N(C)C(C)c1nc2ccc(Cl)cc2c(=O)n1C. The number of anilines is 1. The van der Waals surface area contributed by atoms with Gasteiger partial charge in [-0.3, -0.25) is 9.36 Å². The molecule has 7 heteroatoms. The highest BCUT2D eigenvalue weighted by Crippen LogP contribution is 2.21. The van der Waals surface area contributed by atoms with E-state index in [2.05, 4.69) is 10.3 Å². The molecule has 0 saturated heterocycles. The number of hydrogen-bond donors (Lipinski definition) is 1. The molecule has 0 aliphatic carbocycles. The minimum atomic E-state index is -0.410. The van der Waals surface area contributed by atoms with Crippen molar-refractivity contribution in [3.05, 3.63) is 69.2 Å². The number of amides is 2. The van der Waals surface area contributed by atoms with Crippen LogP contribution in [0, 0.1) is 6.92 Å². The van der Waals surface area contributed by atoms with Gasteiger partial charge in [0.2, 0.25) is 0 Å². The molecule has 1 unspecified atom stereocenters. The number of nitrogens with one attached hydrogen (secondary N) is 1. The van der Waals surface area contributed by atoms with E-state index in [1.807, 2.05) is 38.1 Å². The number of aryl methyl sites for hydroxylation is 1. The van der Waals surface area contributed by atoms with Gasteiger partial charge >= 0.3 is 6.03 Å². The quantitative estimate of drug-likeness (QED) is 0.738. The zero-order valence-electron chi connectivity index (χ0n) is 15.7. The van der Waals surface area contributed by atoms with Crippen LogP contribution >= 0.6 is 11.6 Å². The van der Waals surface area contributed by atoms with Gasteiger partial charge in [0.15, 0.2) is 0 Å². The molecule has 3 aromatic rings. The molecule has 0 saturated carbocycles. The third-order valence-electron chi connectivity index (χ3n) is 4.73. The number of benzene rings is 2. The van der Waals surface area contributed by atoms with Crippen molar-refractivity contribution in [3.8, 4) is 0 Å². The first-order chi connectivity index (χ1) is 12.8. The fraction of sp³-hybridized carbons (Fsp3) is 0.250. The predicted molar refractivity (Wildman–Crippen MR) is 108 cm³/mol. The molecule has 6 nitrogen and oxygen atoms in total. The van der Waals surface area contributed by atoms with Gasteiger partial charge in [-0.05, 0) is 43.7 Å². The van der Waals surface area contributed by atoms with Crippen LogP contribution < -0.4 is 10.9 Å². The van der Waals surface area contributed by atoms with Crippen LogP contribution in [0.3, 0.4) is 0 Å². The summed E-state index contributed by atoms with van der Waals surface area (Å²) in [4.78, 5) is 31.5. The Balaban J connectivity index is 1.93. The Hall–Kier alpha value is -2.86. The average molecular weight is 385 g/mol. The van der Waals surface area contributed by atoms with E-state index in [0.29, 0.717) is 21.7 Å². The number of fused-ring (bicyclic) bond motifs is 1. The van der Waals surface area contributed by atoms with Crippen molar-refractivity contribution in [1.82, 2.24) is 14.5 Å². The zero-order valence-corrected chi connectivity index (χ0v) is 16.4. The fourth-order valence-electron chi connectivity index (χ4n) is 2.90. The van der Waals surface area contributed by atoms with Gasteiger partial charge in [0, 0.05) is 24.8 Å². The highest BCUT2D eigenvalue weighted by atomic mass is 35.5. The van der Waals surface area contributed by atoms with Crippen molar-refractivity contribution in [3.63, 3.8) is 0 Å². The van der Waals surface area contributed by atoms with Gasteiger partial charge in [0.05, 0.1) is 16.9 Å². The maximum atomic E-state index is 12.7. The lowest BCUT2D eigenvalue weighted by molar-refractivity contribution is 0.205. The van der Waals surface area contributed by atoms with E-state index >= 15 is 0 Å². The minimum Gasteiger partial charge on any atom is -0.318 e. The molecule has 1 aromatic heterocycles. The number of carbonyl (C=O) groups is 1. The first kappa shape index (κ1) is 18.9.